The second kappa shape index (κ2) is 10.4. The summed E-state index contributed by atoms with van der Waals surface area (Å²) < 4.78 is 23.7. The molecule has 2 unspecified atom stereocenters. The smallest absolute Gasteiger partial charge is 0.399 e. The lowest BCUT2D eigenvalue weighted by Crippen LogP contribution is -2.50. The molecule has 0 saturated carbocycles. The molecule has 2 amide bonds. The summed E-state index contributed by atoms with van der Waals surface area (Å²) >= 11 is 0. The van der Waals surface area contributed by atoms with Crippen LogP contribution in [0, 0.1) is 5.92 Å². The molecule has 11 heteroatoms. The van der Waals surface area contributed by atoms with E-state index in [2.05, 4.69) is 15.3 Å². The van der Waals surface area contributed by atoms with Gasteiger partial charge < -0.3 is 34.0 Å². The maximum atomic E-state index is 13.5. The first kappa shape index (κ1) is 28.3. The second-order valence-corrected chi connectivity index (χ2v) is 11.4. The van der Waals surface area contributed by atoms with Crippen molar-refractivity contribution >= 4 is 24.9 Å². The number of methoxy groups -OCH3 is 2. The number of likely N-dealkylation sites (tertiary alicyclic amines) is 1. The highest BCUT2D eigenvalue weighted by Gasteiger charge is 2.52. The lowest BCUT2D eigenvalue weighted by atomic mass is 9.79. The second-order valence-electron chi connectivity index (χ2n) is 11.4. The van der Waals surface area contributed by atoms with Gasteiger partial charge in [0.05, 0.1) is 35.7 Å². The van der Waals surface area contributed by atoms with E-state index in [1.54, 1.807) is 25.3 Å². The number of hydrogen-bond acceptors (Lipinski definition) is 7. The summed E-state index contributed by atoms with van der Waals surface area (Å²) in [6.07, 6.45) is 2.71. The standard InChI is InChI=1S/C27H39BN4O6/c1-17(2)22(30-16-33)24(34)32-15-27(35-7,36-8)13-21(32)23-29-14-20(31-23)18-9-11-19(12-10-18)28-37-25(3,4)26(5,6)38-28/h9-12,14,16-17,21-22H,13,15H2,1-8H3,(H,29,31)(H,30,33). The van der Waals surface area contributed by atoms with Gasteiger partial charge in [0.1, 0.15) is 11.9 Å². The molecule has 2 aromatic rings. The van der Waals surface area contributed by atoms with E-state index in [0.29, 0.717) is 18.7 Å². The Kier molecular flexibility index (Phi) is 7.78. The molecular formula is C27H39BN4O6. The molecule has 38 heavy (non-hydrogen) atoms. The predicted molar refractivity (Wildman–Crippen MR) is 143 cm³/mol. The zero-order valence-electron chi connectivity index (χ0n) is 23.5. The molecule has 0 radical (unpaired) electrons. The van der Waals surface area contributed by atoms with Crippen molar-refractivity contribution in [1.82, 2.24) is 20.2 Å². The number of nitrogens with one attached hydrogen (secondary N) is 2. The van der Waals surface area contributed by atoms with Crippen LogP contribution in [0.25, 0.3) is 11.3 Å². The summed E-state index contributed by atoms with van der Waals surface area (Å²) in [6, 6.07) is 6.87. The highest BCUT2D eigenvalue weighted by atomic mass is 16.7. The number of carbonyl (C=O) groups is 2. The Balaban J connectivity index is 1.58. The molecule has 3 heterocycles. The predicted octanol–water partition coefficient (Wildman–Crippen LogP) is 2.41. The van der Waals surface area contributed by atoms with Crippen molar-refractivity contribution in [3.8, 4) is 11.3 Å². The molecule has 206 valence electrons. The molecule has 2 fully saturated rings. The lowest BCUT2D eigenvalue weighted by Gasteiger charge is -2.32. The van der Waals surface area contributed by atoms with Gasteiger partial charge in [0, 0.05) is 20.6 Å². The van der Waals surface area contributed by atoms with Crippen molar-refractivity contribution in [3.05, 3.63) is 36.3 Å². The number of amides is 2. The van der Waals surface area contributed by atoms with E-state index in [0.717, 1.165) is 16.7 Å². The normalized spacial score (nSPS) is 22.6. The highest BCUT2D eigenvalue weighted by molar-refractivity contribution is 6.62. The zero-order valence-corrected chi connectivity index (χ0v) is 23.5. The van der Waals surface area contributed by atoms with Crippen molar-refractivity contribution < 1.29 is 28.4 Å². The number of ether oxygens (including phenoxy) is 2. The first-order valence-electron chi connectivity index (χ1n) is 13.0. The number of carbonyl (C=O) groups excluding carboxylic acids is 2. The minimum absolute atomic E-state index is 0.0944. The monoisotopic (exact) mass is 526 g/mol. The fourth-order valence-electron chi connectivity index (χ4n) is 4.95. The van der Waals surface area contributed by atoms with E-state index in [-0.39, 0.29) is 18.4 Å². The Morgan fingerprint density at radius 2 is 1.76 bits per heavy atom. The van der Waals surface area contributed by atoms with Crippen LogP contribution in [0.1, 0.15) is 59.8 Å². The van der Waals surface area contributed by atoms with Gasteiger partial charge in [0.25, 0.3) is 0 Å². The quantitative estimate of drug-likeness (QED) is 0.293. The lowest BCUT2D eigenvalue weighted by molar-refractivity contribution is -0.197. The minimum Gasteiger partial charge on any atom is -0.399 e. The molecule has 2 atom stereocenters. The number of nitrogens with zero attached hydrogens (tertiary/aromatic N) is 2. The largest absolute Gasteiger partial charge is 0.494 e. The highest BCUT2D eigenvalue weighted by Crippen LogP contribution is 2.40. The van der Waals surface area contributed by atoms with Crippen LogP contribution in [0.3, 0.4) is 0 Å². The Labute approximate surface area is 224 Å². The van der Waals surface area contributed by atoms with Crippen molar-refractivity contribution in [1.29, 1.82) is 0 Å². The first-order chi connectivity index (χ1) is 17.9. The van der Waals surface area contributed by atoms with Crippen molar-refractivity contribution in [2.75, 3.05) is 20.8 Å². The number of aromatic amines is 1. The van der Waals surface area contributed by atoms with Gasteiger partial charge in [0.15, 0.2) is 5.79 Å². The topological polar surface area (TPSA) is 115 Å². The molecule has 0 bridgehead atoms. The van der Waals surface area contributed by atoms with Crippen LogP contribution in [0.4, 0.5) is 0 Å². The van der Waals surface area contributed by atoms with Crippen LogP contribution in [0.15, 0.2) is 30.5 Å². The van der Waals surface area contributed by atoms with Gasteiger partial charge in [0.2, 0.25) is 12.3 Å². The van der Waals surface area contributed by atoms with Gasteiger partial charge in [-0.15, -0.1) is 0 Å². The van der Waals surface area contributed by atoms with Gasteiger partial charge in [-0.25, -0.2) is 4.98 Å². The van der Waals surface area contributed by atoms with Gasteiger partial charge in [-0.05, 0) is 44.6 Å². The van der Waals surface area contributed by atoms with Crippen LogP contribution in [-0.2, 0) is 28.4 Å². The molecule has 10 nitrogen and oxygen atoms in total. The average Bonchev–Trinajstić information content (AvgIpc) is 3.56. The van der Waals surface area contributed by atoms with Gasteiger partial charge in [-0.1, -0.05) is 38.1 Å². The molecular weight excluding hydrogens is 487 g/mol. The van der Waals surface area contributed by atoms with Gasteiger partial charge in [-0.3, -0.25) is 9.59 Å². The van der Waals surface area contributed by atoms with E-state index in [1.165, 1.54) is 0 Å². The van der Waals surface area contributed by atoms with Gasteiger partial charge >= 0.3 is 7.12 Å². The fourth-order valence-corrected chi connectivity index (χ4v) is 4.95. The number of hydrogen-bond donors (Lipinski definition) is 2. The van der Waals surface area contributed by atoms with E-state index >= 15 is 0 Å². The molecule has 2 saturated heterocycles. The molecule has 0 spiro atoms. The van der Waals surface area contributed by atoms with Crippen LogP contribution < -0.4 is 10.8 Å². The average molecular weight is 526 g/mol. The zero-order chi connectivity index (χ0) is 27.9. The van der Waals surface area contributed by atoms with Crippen molar-refractivity contribution in [2.45, 2.75) is 77.0 Å². The third-order valence-electron chi connectivity index (χ3n) is 8.16. The number of imidazole rings is 1. The SMILES string of the molecule is COC1(OC)CC(c2ncc(-c3ccc(B4OC(C)(C)C(C)(C)O4)cc3)[nH]2)N(C(=O)C(NC=O)C(C)C)C1. The Bertz CT molecular complexity index is 1130. The summed E-state index contributed by atoms with van der Waals surface area (Å²) in [4.78, 5) is 34.4. The summed E-state index contributed by atoms with van der Waals surface area (Å²) in [6.45, 7) is 12.1. The molecule has 4 rings (SSSR count). The van der Waals surface area contributed by atoms with E-state index < -0.39 is 36.2 Å². The number of aromatic nitrogens is 2. The number of benzene rings is 1. The number of rotatable bonds is 9. The molecule has 1 aromatic heterocycles. The third kappa shape index (κ3) is 5.12. The Morgan fingerprint density at radius 1 is 1.16 bits per heavy atom. The summed E-state index contributed by atoms with van der Waals surface area (Å²) in [5.74, 6) is -0.658. The molecule has 0 aliphatic carbocycles. The molecule has 2 N–H and O–H groups in total. The maximum absolute atomic E-state index is 13.5. The third-order valence-corrected chi connectivity index (χ3v) is 8.16. The van der Waals surface area contributed by atoms with Crippen LogP contribution >= 0.6 is 0 Å². The van der Waals surface area contributed by atoms with E-state index in [9.17, 15) is 9.59 Å². The van der Waals surface area contributed by atoms with Crippen LogP contribution in [-0.4, -0.2) is 78.1 Å². The maximum Gasteiger partial charge on any atom is 0.494 e. The fraction of sp³-hybridized carbons (Fsp3) is 0.593. The van der Waals surface area contributed by atoms with E-state index in [1.807, 2.05) is 65.8 Å². The van der Waals surface area contributed by atoms with E-state index in [4.69, 9.17) is 18.8 Å². The van der Waals surface area contributed by atoms with Gasteiger partial charge in [-0.2, -0.15) is 0 Å². The summed E-state index contributed by atoms with van der Waals surface area (Å²) in [5, 5.41) is 2.66. The molecule has 2 aliphatic heterocycles. The number of H-pyrrole nitrogens is 1. The Hall–Kier alpha value is -2.73. The van der Waals surface area contributed by atoms with Crippen molar-refractivity contribution in [2.24, 2.45) is 5.92 Å². The summed E-state index contributed by atoms with van der Waals surface area (Å²) in [7, 11) is 2.69. The van der Waals surface area contributed by atoms with Crippen LogP contribution in [0.5, 0.6) is 0 Å². The van der Waals surface area contributed by atoms with Crippen molar-refractivity contribution in [3.63, 3.8) is 0 Å². The van der Waals surface area contributed by atoms with Crippen LogP contribution in [0.2, 0.25) is 0 Å². The Morgan fingerprint density at radius 3 is 2.29 bits per heavy atom. The minimum atomic E-state index is -0.972. The molecule has 1 aromatic carbocycles. The summed E-state index contributed by atoms with van der Waals surface area (Å²) in [5.41, 5.74) is 1.87. The first-order valence-corrected chi connectivity index (χ1v) is 13.0. The molecule has 2 aliphatic rings.